The molecule has 0 saturated heterocycles. The Morgan fingerprint density at radius 2 is 2.07 bits per heavy atom. The van der Waals surface area contributed by atoms with E-state index in [0.717, 1.165) is 24.0 Å². The average Bonchev–Trinajstić information content (AvgIpc) is 3.06. The first-order valence-electron chi connectivity index (χ1n) is 8.97. The number of benzene rings is 1. The molecule has 0 bridgehead atoms. The molecule has 0 amide bonds. The molecule has 6 heteroatoms. The van der Waals surface area contributed by atoms with Gasteiger partial charge in [-0.3, -0.25) is 0 Å². The number of ether oxygens (including phenoxy) is 2. The number of aromatic nitrogens is 2. The quantitative estimate of drug-likeness (QED) is 0.484. The van der Waals surface area contributed by atoms with E-state index in [1.54, 1.807) is 6.26 Å². The monoisotopic (exact) mass is 366 g/mol. The Balaban J connectivity index is 0.00000180. The molecule has 2 aliphatic heterocycles. The summed E-state index contributed by atoms with van der Waals surface area (Å²) in [4.78, 5) is 17.1. The van der Waals surface area contributed by atoms with Gasteiger partial charge in [0, 0.05) is 18.4 Å². The van der Waals surface area contributed by atoms with Crippen LogP contribution in [0.1, 0.15) is 12.6 Å². The maximum Gasteiger partial charge on any atom is 0.337 e. The molecule has 2 N–H and O–H groups in total. The fraction of sp³-hybridized carbons (Fsp3) is 0.333. The zero-order valence-corrected chi connectivity index (χ0v) is 15.3. The summed E-state index contributed by atoms with van der Waals surface area (Å²) in [6.45, 7) is 2.88. The standard InChI is InChI=1S/C21H20N2O3.H2O/c1-12-16-10-23-8-7-14-13-5-3-4-6-18(13)22-20(14)19(23)9-15(16)17(11-26-12)21(24)25-2;/h3-8,11-12,15-16H,9-10H2,1-2H3;1H2/t12-,15-,16+;/m0./s1. The number of nitrogens with zero attached hydrogens (tertiary/aromatic N) is 2. The van der Waals surface area contributed by atoms with Gasteiger partial charge >= 0.3 is 5.97 Å². The Kier molecular flexibility index (Phi) is 4.15. The first kappa shape index (κ1) is 17.5. The number of carbonyl (C=O) groups is 1. The molecule has 0 aliphatic carbocycles. The van der Waals surface area contributed by atoms with E-state index < -0.39 is 0 Å². The molecule has 0 fully saturated rings. The summed E-state index contributed by atoms with van der Waals surface area (Å²) in [6, 6.07) is 10.4. The lowest BCUT2D eigenvalue weighted by Crippen LogP contribution is -2.54. The number of methoxy groups -OCH3 is 1. The highest BCUT2D eigenvalue weighted by Crippen LogP contribution is 2.38. The molecule has 3 atom stereocenters. The van der Waals surface area contributed by atoms with Gasteiger partial charge in [-0.05, 0) is 17.7 Å². The van der Waals surface area contributed by atoms with E-state index in [1.165, 1.54) is 23.6 Å². The van der Waals surface area contributed by atoms with Crippen LogP contribution in [0.15, 0.2) is 48.4 Å². The molecule has 0 radical (unpaired) electrons. The summed E-state index contributed by atoms with van der Waals surface area (Å²) < 4.78 is 13.0. The van der Waals surface area contributed by atoms with E-state index in [-0.39, 0.29) is 29.4 Å². The minimum absolute atomic E-state index is 0. The first-order valence-corrected chi connectivity index (χ1v) is 8.97. The summed E-state index contributed by atoms with van der Waals surface area (Å²) in [7, 11) is 1.42. The summed E-state index contributed by atoms with van der Waals surface area (Å²) >= 11 is 0. The van der Waals surface area contributed by atoms with Crippen LogP contribution in [-0.4, -0.2) is 24.7 Å². The summed E-state index contributed by atoms with van der Waals surface area (Å²) in [5, 5.41) is 2.35. The molecule has 1 aromatic carbocycles. The van der Waals surface area contributed by atoms with Gasteiger partial charge in [0.05, 0.1) is 24.9 Å². The number of rotatable bonds is 1. The molecular weight excluding hydrogens is 344 g/mol. The van der Waals surface area contributed by atoms with Crippen molar-refractivity contribution in [1.82, 2.24) is 4.98 Å². The van der Waals surface area contributed by atoms with Crippen molar-refractivity contribution in [2.45, 2.75) is 26.0 Å². The van der Waals surface area contributed by atoms with Gasteiger partial charge in [-0.15, -0.1) is 5.52 Å². The van der Waals surface area contributed by atoms with E-state index in [0.29, 0.717) is 5.57 Å². The molecule has 27 heavy (non-hydrogen) atoms. The van der Waals surface area contributed by atoms with Crippen LogP contribution in [0, 0.1) is 11.8 Å². The molecule has 0 spiro atoms. The van der Waals surface area contributed by atoms with Crippen molar-refractivity contribution in [3.05, 3.63) is 54.1 Å². The zero-order chi connectivity index (χ0) is 17.8. The largest absolute Gasteiger partial charge is 0.652 e. The van der Waals surface area contributed by atoms with Crippen molar-refractivity contribution < 1.29 is 24.3 Å². The van der Waals surface area contributed by atoms with Crippen LogP contribution in [0.5, 0.6) is 0 Å². The predicted octanol–water partition coefficient (Wildman–Crippen LogP) is 1.68. The Hall–Kier alpha value is -2.86. The highest BCUT2D eigenvalue weighted by Gasteiger charge is 2.44. The number of para-hydroxylation sites is 1. The van der Waals surface area contributed by atoms with Gasteiger partial charge in [0.2, 0.25) is 0 Å². The third-order valence-corrected chi connectivity index (χ3v) is 5.89. The lowest BCUT2D eigenvalue weighted by Gasteiger charge is -2.37. The van der Waals surface area contributed by atoms with Crippen molar-refractivity contribution in [3.63, 3.8) is 0 Å². The number of carbonyl (C=O) groups excluding carboxylic acids is 1. The van der Waals surface area contributed by atoms with Gasteiger partial charge in [0.15, 0.2) is 18.4 Å². The van der Waals surface area contributed by atoms with E-state index in [2.05, 4.69) is 29.8 Å². The molecule has 3 aromatic rings. The lowest BCUT2D eigenvalue weighted by atomic mass is 9.76. The topological polar surface area (TPSA) is 85.0 Å². The number of fused-ring (bicyclic) bond motifs is 6. The van der Waals surface area contributed by atoms with E-state index in [4.69, 9.17) is 14.5 Å². The molecule has 2 aliphatic rings. The van der Waals surface area contributed by atoms with Crippen LogP contribution >= 0.6 is 0 Å². The minimum atomic E-state index is -0.298. The van der Waals surface area contributed by atoms with Gasteiger partial charge in [-0.25, -0.2) is 9.36 Å². The van der Waals surface area contributed by atoms with Gasteiger partial charge < -0.3 is 19.9 Å². The second-order valence-electron chi connectivity index (χ2n) is 7.19. The van der Waals surface area contributed by atoms with E-state index in [1.807, 2.05) is 18.2 Å². The van der Waals surface area contributed by atoms with Gasteiger partial charge in [0.1, 0.15) is 6.10 Å². The second-order valence-corrected chi connectivity index (χ2v) is 7.19. The van der Waals surface area contributed by atoms with Gasteiger partial charge in [-0.2, -0.15) is 0 Å². The van der Waals surface area contributed by atoms with Crippen LogP contribution in [-0.2, 0) is 27.2 Å². The molecule has 6 nitrogen and oxygen atoms in total. The summed E-state index contributed by atoms with van der Waals surface area (Å²) in [5.74, 6) is 0.0400. The van der Waals surface area contributed by atoms with Crippen molar-refractivity contribution >= 4 is 27.8 Å². The van der Waals surface area contributed by atoms with E-state index in [9.17, 15) is 4.79 Å². The summed E-state index contributed by atoms with van der Waals surface area (Å²) in [5.41, 5.74) is 3.87. The molecule has 2 aromatic heterocycles. The van der Waals surface area contributed by atoms with Crippen LogP contribution in [0.25, 0.3) is 21.8 Å². The highest BCUT2D eigenvalue weighted by molar-refractivity contribution is 6.07. The first-order chi connectivity index (χ1) is 12.7. The third-order valence-electron chi connectivity index (χ3n) is 5.89. The fourth-order valence-corrected chi connectivity index (χ4v) is 4.49. The molecule has 0 saturated carbocycles. The molecule has 5 rings (SSSR count). The molecular formula is C21H22N2O4. The third kappa shape index (κ3) is 2.51. The van der Waals surface area contributed by atoms with Crippen LogP contribution in [0.2, 0.25) is 0 Å². The maximum atomic E-state index is 12.3. The minimum Gasteiger partial charge on any atom is -0.652 e. The highest BCUT2D eigenvalue weighted by atomic mass is 16.5. The van der Waals surface area contributed by atoms with Crippen LogP contribution in [0.3, 0.4) is 0 Å². The molecule has 140 valence electrons. The number of hydrogen-bond donors (Lipinski definition) is 0. The fourth-order valence-electron chi connectivity index (χ4n) is 4.49. The number of pyridine rings is 1. The predicted molar refractivity (Wildman–Crippen MR) is 99.9 cm³/mol. The van der Waals surface area contributed by atoms with Crippen molar-refractivity contribution in [1.29, 1.82) is 0 Å². The zero-order valence-electron chi connectivity index (χ0n) is 15.3. The van der Waals surface area contributed by atoms with Crippen molar-refractivity contribution in [2.24, 2.45) is 11.8 Å². The van der Waals surface area contributed by atoms with Gasteiger partial charge in [-0.1, -0.05) is 29.8 Å². The Morgan fingerprint density at radius 3 is 2.89 bits per heavy atom. The van der Waals surface area contributed by atoms with Crippen molar-refractivity contribution in [2.75, 3.05) is 7.11 Å². The lowest BCUT2D eigenvalue weighted by molar-refractivity contribution is -0.717. The normalized spacial score (nSPS) is 23.6. The molecule has 4 heterocycles. The average molecular weight is 366 g/mol. The smallest absolute Gasteiger partial charge is 0.337 e. The Bertz CT molecular complexity index is 1070. The van der Waals surface area contributed by atoms with Crippen molar-refractivity contribution in [3.8, 4) is 0 Å². The Morgan fingerprint density at radius 1 is 1.26 bits per heavy atom. The molecule has 0 unspecified atom stereocenters. The van der Waals surface area contributed by atoms with Gasteiger partial charge in [0.25, 0.3) is 0 Å². The number of esters is 1. The van der Waals surface area contributed by atoms with Crippen LogP contribution in [0.4, 0.5) is 0 Å². The number of hydrogen-bond acceptors (Lipinski definition) is 3. The maximum absolute atomic E-state index is 12.3. The van der Waals surface area contributed by atoms with E-state index >= 15 is 0 Å². The Labute approximate surface area is 156 Å². The van der Waals surface area contributed by atoms with Crippen LogP contribution < -0.4 is 9.55 Å². The summed E-state index contributed by atoms with van der Waals surface area (Å²) in [6.07, 6.45) is 4.57. The SMILES string of the molecule is COC(=O)C1=CO[C@@H](C)[C@H]2C[n+]3ccc4c([n-]c5ccccc54)c3C[C@H]12.O. The second kappa shape index (κ2) is 6.39.